The van der Waals surface area contributed by atoms with Crippen molar-refractivity contribution in [1.29, 1.82) is 0 Å². The predicted molar refractivity (Wildman–Crippen MR) is 92.9 cm³/mol. The highest BCUT2D eigenvalue weighted by Gasteiger charge is 2.23. The minimum atomic E-state index is 0.00416. The van der Waals surface area contributed by atoms with Crippen LogP contribution in [0, 0.1) is 5.92 Å². The summed E-state index contributed by atoms with van der Waals surface area (Å²) in [6.07, 6.45) is 5.03. The maximum Gasteiger partial charge on any atom is 0.253 e. The molecule has 1 aromatic heterocycles. The molecular weight excluding hydrogens is 318 g/mol. The van der Waals surface area contributed by atoms with Crippen LogP contribution in [0.5, 0.6) is 0 Å². The number of hydrogen-bond acceptors (Lipinski definition) is 4. The number of aromatic nitrogens is 3. The van der Waals surface area contributed by atoms with Crippen molar-refractivity contribution < 1.29 is 9.59 Å². The first kappa shape index (κ1) is 17.1. The van der Waals surface area contributed by atoms with Crippen molar-refractivity contribution >= 4 is 11.8 Å². The quantitative estimate of drug-likeness (QED) is 0.889. The Bertz CT molecular complexity index is 704. The molecule has 1 aliphatic rings. The van der Waals surface area contributed by atoms with E-state index in [9.17, 15) is 9.59 Å². The number of carbonyl (C=O) groups is 2. The molecule has 0 atom stereocenters. The first-order valence-corrected chi connectivity index (χ1v) is 8.57. The molecule has 1 fully saturated rings. The van der Waals surface area contributed by atoms with Crippen molar-refractivity contribution in [3.8, 4) is 0 Å². The minimum Gasteiger partial charge on any atom is -0.356 e. The van der Waals surface area contributed by atoms with Crippen LogP contribution in [-0.4, -0.2) is 51.1 Å². The second kappa shape index (κ2) is 7.92. The first-order chi connectivity index (χ1) is 12.1. The van der Waals surface area contributed by atoms with Crippen LogP contribution in [0.15, 0.2) is 36.9 Å². The van der Waals surface area contributed by atoms with Gasteiger partial charge in [0.1, 0.15) is 12.7 Å². The van der Waals surface area contributed by atoms with Gasteiger partial charge in [0.15, 0.2) is 0 Å². The summed E-state index contributed by atoms with van der Waals surface area (Å²) in [4.78, 5) is 29.4. The number of hydrogen-bond donors (Lipinski definition) is 1. The summed E-state index contributed by atoms with van der Waals surface area (Å²) in [5.74, 6) is 0.535. The summed E-state index contributed by atoms with van der Waals surface area (Å²) in [5, 5.41) is 6.94. The predicted octanol–water partition coefficient (Wildman–Crippen LogP) is 1.31. The van der Waals surface area contributed by atoms with Crippen molar-refractivity contribution in [3.63, 3.8) is 0 Å². The van der Waals surface area contributed by atoms with E-state index in [1.807, 2.05) is 29.2 Å². The summed E-state index contributed by atoms with van der Waals surface area (Å²) in [5.41, 5.74) is 1.79. The number of amides is 2. The van der Waals surface area contributed by atoms with Gasteiger partial charge in [-0.1, -0.05) is 12.1 Å². The van der Waals surface area contributed by atoms with E-state index in [0.29, 0.717) is 24.6 Å². The number of nitrogens with one attached hydrogen (secondary N) is 1. The Labute approximate surface area is 147 Å². The fourth-order valence-electron chi connectivity index (χ4n) is 3.06. The van der Waals surface area contributed by atoms with Crippen LogP contribution < -0.4 is 5.32 Å². The number of rotatable bonds is 5. The molecule has 1 N–H and O–H groups in total. The second-order valence-corrected chi connectivity index (χ2v) is 6.46. The van der Waals surface area contributed by atoms with E-state index in [1.165, 1.54) is 13.3 Å². The van der Waals surface area contributed by atoms with E-state index >= 15 is 0 Å². The van der Waals surface area contributed by atoms with Gasteiger partial charge in [-0.25, -0.2) is 9.67 Å². The average molecular weight is 341 g/mol. The molecule has 132 valence electrons. The highest BCUT2D eigenvalue weighted by molar-refractivity contribution is 5.94. The molecule has 1 saturated heterocycles. The van der Waals surface area contributed by atoms with Crippen LogP contribution in [-0.2, 0) is 11.3 Å². The third-order valence-electron chi connectivity index (χ3n) is 4.55. The molecule has 3 rings (SSSR count). The highest BCUT2D eigenvalue weighted by atomic mass is 16.2. The first-order valence-electron chi connectivity index (χ1n) is 8.57. The SMILES string of the molecule is CC(=O)NCC1CCN(C(=O)c2ccc(Cn3cncn3)cc2)CC1. The molecule has 0 bridgehead atoms. The zero-order valence-electron chi connectivity index (χ0n) is 14.4. The zero-order chi connectivity index (χ0) is 17.6. The maximum atomic E-state index is 12.6. The molecule has 1 aliphatic heterocycles. The Morgan fingerprint density at radius 2 is 1.92 bits per heavy atom. The molecule has 2 aromatic rings. The molecule has 1 aromatic carbocycles. The van der Waals surface area contributed by atoms with Crippen LogP contribution in [0.2, 0.25) is 0 Å². The Morgan fingerprint density at radius 1 is 1.20 bits per heavy atom. The number of benzene rings is 1. The van der Waals surface area contributed by atoms with Crippen LogP contribution in [0.1, 0.15) is 35.7 Å². The fraction of sp³-hybridized carbons (Fsp3) is 0.444. The Morgan fingerprint density at radius 3 is 2.52 bits per heavy atom. The van der Waals surface area contributed by atoms with Crippen molar-refractivity contribution in [2.24, 2.45) is 5.92 Å². The molecule has 0 spiro atoms. The Kier molecular flexibility index (Phi) is 5.42. The Balaban J connectivity index is 1.52. The van der Waals surface area contributed by atoms with Crippen LogP contribution in [0.25, 0.3) is 0 Å². The monoisotopic (exact) mass is 341 g/mol. The molecule has 0 saturated carbocycles. The van der Waals surface area contributed by atoms with Gasteiger partial charge in [-0.3, -0.25) is 9.59 Å². The van der Waals surface area contributed by atoms with Crippen LogP contribution in [0.3, 0.4) is 0 Å². The van der Waals surface area contributed by atoms with Crippen molar-refractivity contribution in [3.05, 3.63) is 48.0 Å². The zero-order valence-corrected chi connectivity index (χ0v) is 14.4. The largest absolute Gasteiger partial charge is 0.356 e. The van der Waals surface area contributed by atoms with Crippen molar-refractivity contribution in [2.75, 3.05) is 19.6 Å². The summed E-state index contributed by atoms with van der Waals surface area (Å²) in [6.45, 7) is 4.36. The van der Waals surface area contributed by atoms with E-state index < -0.39 is 0 Å². The van der Waals surface area contributed by atoms with Gasteiger partial charge < -0.3 is 10.2 Å². The highest BCUT2D eigenvalue weighted by Crippen LogP contribution is 2.19. The molecular formula is C18H23N5O2. The second-order valence-electron chi connectivity index (χ2n) is 6.46. The number of carbonyl (C=O) groups excluding carboxylic acids is 2. The van der Waals surface area contributed by atoms with Gasteiger partial charge >= 0.3 is 0 Å². The van der Waals surface area contributed by atoms with Crippen molar-refractivity contribution in [1.82, 2.24) is 25.0 Å². The van der Waals surface area contributed by atoms with Crippen LogP contribution >= 0.6 is 0 Å². The van der Waals surface area contributed by atoms with Gasteiger partial charge in [-0.15, -0.1) is 0 Å². The smallest absolute Gasteiger partial charge is 0.253 e. The van der Waals surface area contributed by atoms with Crippen LogP contribution in [0.4, 0.5) is 0 Å². The lowest BCUT2D eigenvalue weighted by molar-refractivity contribution is -0.119. The Hall–Kier alpha value is -2.70. The lowest BCUT2D eigenvalue weighted by Crippen LogP contribution is -2.41. The maximum absolute atomic E-state index is 12.6. The topological polar surface area (TPSA) is 80.1 Å². The normalized spacial score (nSPS) is 15.2. The van der Waals surface area contributed by atoms with E-state index in [-0.39, 0.29) is 11.8 Å². The molecule has 2 heterocycles. The summed E-state index contributed by atoms with van der Waals surface area (Å²) < 4.78 is 1.75. The molecule has 0 aliphatic carbocycles. The molecule has 7 heteroatoms. The average Bonchev–Trinajstić information content (AvgIpc) is 3.13. The molecule has 7 nitrogen and oxygen atoms in total. The van der Waals surface area contributed by atoms with Gasteiger partial charge in [0.05, 0.1) is 6.54 Å². The van der Waals surface area contributed by atoms with Gasteiger partial charge in [0.25, 0.3) is 5.91 Å². The summed E-state index contributed by atoms with van der Waals surface area (Å²) in [6, 6.07) is 7.66. The van der Waals surface area contributed by atoms with Crippen molar-refractivity contribution in [2.45, 2.75) is 26.3 Å². The van der Waals surface area contributed by atoms with Gasteiger partial charge in [-0.2, -0.15) is 5.10 Å². The van der Waals surface area contributed by atoms with Gasteiger partial charge in [0, 0.05) is 32.1 Å². The molecule has 25 heavy (non-hydrogen) atoms. The fourth-order valence-corrected chi connectivity index (χ4v) is 3.06. The van der Waals surface area contributed by atoms with E-state index in [0.717, 1.165) is 31.5 Å². The lowest BCUT2D eigenvalue weighted by Gasteiger charge is -2.32. The summed E-state index contributed by atoms with van der Waals surface area (Å²) in [7, 11) is 0. The summed E-state index contributed by atoms with van der Waals surface area (Å²) >= 11 is 0. The standard InChI is InChI=1S/C18H23N5O2/c1-14(24)20-10-15-6-8-22(9-7-15)18(25)17-4-2-16(3-5-17)11-23-13-19-12-21-23/h2-5,12-13,15H,6-11H2,1H3,(H,20,24). The van der Waals surface area contributed by atoms with E-state index in [2.05, 4.69) is 15.4 Å². The minimum absolute atomic E-state index is 0.00416. The third-order valence-corrected chi connectivity index (χ3v) is 4.55. The van der Waals surface area contributed by atoms with E-state index in [4.69, 9.17) is 0 Å². The number of nitrogens with zero attached hydrogens (tertiary/aromatic N) is 4. The van der Waals surface area contributed by atoms with Gasteiger partial charge in [0.2, 0.25) is 5.91 Å². The molecule has 0 radical (unpaired) electrons. The molecule has 2 amide bonds. The number of likely N-dealkylation sites (tertiary alicyclic amines) is 1. The van der Waals surface area contributed by atoms with E-state index in [1.54, 1.807) is 11.0 Å². The number of piperidine rings is 1. The van der Waals surface area contributed by atoms with Gasteiger partial charge in [-0.05, 0) is 36.5 Å². The lowest BCUT2D eigenvalue weighted by atomic mass is 9.96. The third kappa shape index (κ3) is 4.65. The molecule has 0 unspecified atom stereocenters.